The molecule has 0 saturated carbocycles. The fraction of sp³-hybridized carbons (Fsp3) is 1.00. The zero-order valence-corrected chi connectivity index (χ0v) is 15.2. The van der Waals surface area contributed by atoms with Crippen LogP contribution in [0.15, 0.2) is 0 Å². The van der Waals surface area contributed by atoms with E-state index in [1.165, 1.54) is 13.1 Å². The van der Waals surface area contributed by atoms with Gasteiger partial charge in [-0.2, -0.15) is 0 Å². The summed E-state index contributed by atoms with van der Waals surface area (Å²) in [7, 11) is 0. The summed E-state index contributed by atoms with van der Waals surface area (Å²) < 4.78 is 0. The predicted molar refractivity (Wildman–Crippen MR) is 87.1 cm³/mol. The van der Waals surface area contributed by atoms with Crippen LogP contribution in [0.5, 0.6) is 0 Å². The lowest BCUT2D eigenvalue weighted by molar-refractivity contribution is -0.119. The molecule has 0 amide bonds. The third-order valence-electron chi connectivity index (χ3n) is 4.20. The van der Waals surface area contributed by atoms with E-state index in [9.17, 15) is 5.11 Å². The summed E-state index contributed by atoms with van der Waals surface area (Å²) in [6.45, 7) is 24.0. The topological polar surface area (TPSA) is 26.7 Å². The largest absolute Gasteiger partial charge is 0.388 e. The molecular weight excluding hydrogens is 248 g/mol. The highest BCUT2D eigenvalue weighted by Gasteiger charge is 2.41. The number of hydrogen-bond acceptors (Lipinski definition) is 3. The van der Waals surface area contributed by atoms with Crippen LogP contribution < -0.4 is 0 Å². The van der Waals surface area contributed by atoms with E-state index in [1.54, 1.807) is 0 Å². The molecule has 2 heterocycles. The molecule has 0 spiro atoms. The number of aliphatic hydroxyl groups is 1. The maximum absolute atomic E-state index is 9.41. The van der Waals surface area contributed by atoms with Crippen LogP contribution in [0.4, 0.5) is 0 Å². The fourth-order valence-corrected chi connectivity index (χ4v) is 2.71. The van der Waals surface area contributed by atoms with Crippen molar-refractivity contribution >= 4 is 0 Å². The lowest BCUT2D eigenvalue weighted by atomic mass is 9.81. The summed E-state index contributed by atoms with van der Waals surface area (Å²) in [5.41, 5.74) is 0.762. The lowest BCUT2D eigenvalue weighted by Gasteiger charge is -2.52. The highest BCUT2D eigenvalue weighted by atomic mass is 16.3. The third kappa shape index (κ3) is 5.01. The van der Waals surface area contributed by atoms with Gasteiger partial charge in [-0.25, -0.2) is 0 Å². The lowest BCUT2D eigenvalue weighted by Crippen LogP contribution is -2.65. The van der Waals surface area contributed by atoms with Crippen LogP contribution in [-0.2, 0) is 0 Å². The highest BCUT2D eigenvalue weighted by molar-refractivity contribution is 4.97. The third-order valence-corrected chi connectivity index (χ3v) is 4.20. The minimum atomic E-state index is -0.423. The van der Waals surface area contributed by atoms with Crippen molar-refractivity contribution in [2.45, 2.75) is 79.0 Å². The van der Waals surface area contributed by atoms with Crippen molar-refractivity contribution in [2.24, 2.45) is 5.41 Å². The van der Waals surface area contributed by atoms with Gasteiger partial charge in [-0.3, -0.25) is 9.80 Å². The molecule has 0 atom stereocenters. The van der Waals surface area contributed by atoms with Gasteiger partial charge in [0.15, 0.2) is 0 Å². The molecule has 3 nitrogen and oxygen atoms in total. The van der Waals surface area contributed by atoms with Gasteiger partial charge >= 0.3 is 0 Å². The molecule has 3 heteroatoms. The maximum Gasteiger partial charge on any atom is 0.0872 e. The van der Waals surface area contributed by atoms with Crippen molar-refractivity contribution in [3.8, 4) is 0 Å². The summed E-state index contributed by atoms with van der Waals surface area (Å²) in [5, 5.41) is 9.41. The van der Waals surface area contributed by atoms with Crippen LogP contribution >= 0.6 is 0 Å². The predicted octanol–water partition coefficient (Wildman–Crippen LogP) is 2.98. The summed E-state index contributed by atoms with van der Waals surface area (Å²) in [6.07, 6.45) is 0. The van der Waals surface area contributed by atoms with E-state index in [0.717, 1.165) is 13.1 Å². The molecule has 2 fully saturated rings. The van der Waals surface area contributed by atoms with Crippen molar-refractivity contribution in [3.05, 3.63) is 0 Å². The second kappa shape index (κ2) is 5.26. The Hall–Kier alpha value is -0.120. The van der Waals surface area contributed by atoms with E-state index in [2.05, 4.69) is 65.2 Å². The standard InChI is InChI=1S/C9H19N.C8H17NO/c1-8(2,3)10-6-9(4,5)7-10;1-7(2,3)9-5-8(4,10)6-9/h6-7H2,1-5H3;10H,5-6H2,1-4H3. The van der Waals surface area contributed by atoms with Crippen LogP contribution in [0.25, 0.3) is 0 Å². The van der Waals surface area contributed by atoms with Crippen molar-refractivity contribution in [3.63, 3.8) is 0 Å². The first kappa shape index (κ1) is 17.9. The van der Waals surface area contributed by atoms with Gasteiger partial charge in [-0.1, -0.05) is 13.8 Å². The Morgan fingerprint density at radius 3 is 1.10 bits per heavy atom. The molecule has 1 N–H and O–H groups in total. The molecule has 0 radical (unpaired) electrons. The average Bonchev–Trinajstić information content (AvgIpc) is 2.08. The van der Waals surface area contributed by atoms with Crippen LogP contribution in [0, 0.1) is 5.41 Å². The Labute approximate surface area is 126 Å². The summed E-state index contributed by atoms with van der Waals surface area (Å²) >= 11 is 0. The Morgan fingerprint density at radius 2 is 1.00 bits per heavy atom. The van der Waals surface area contributed by atoms with Crippen LogP contribution in [0.2, 0.25) is 0 Å². The molecule has 120 valence electrons. The Morgan fingerprint density at radius 1 is 0.700 bits per heavy atom. The SMILES string of the molecule is CC1(C)CN(C(C)(C)C)C1.CC1(O)CN(C(C)(C)C)C1. The van der Waals surface area contributed by atoms with Crippen LogP contribution in [0.3, 0.4) is 0 Å². The molecule has 0 aliphatic carbocycles. The number of hydrogen-bond donors (Lipinski definition) is 1. The second-order valence-electron chi connectivity index (χ2n) is 9.71. The molecule has 0 aromatic rings. The molecule has 2 aliphatic heterocycles. The molecule has 0 unspecified atom stereocenters. The molecule has 0 bridgehead atoms. The van der Waals surface area contributed by atoms with Gasteiger partial charge in [0, 0.05) is 37.3 Å². The Kier molecular flexibility index (Phi) is 4.71. The van der Waals surface area contributed by atoms with Gasteiger partial charge in [0.05, 0.1) is 5.60 Å². The van der Waals surface area contributed by atoms with E-state index >= 15 is 0 Å². The van der Waals surface area contributed by atoms with Crippen LogP contribution in [-0.4, -0.2) is 57.8 Å². The van der Waals surface area contributed by atoms with Gasteiger partial charge in [0.2, 0.25) is 0 Å². The zero-order valence-electron chi connectivity index (χ0n) is 15.2. The molecule has 20 heavy (non-hydrogen) atoms. The molecular formula is C17H36N2O. The summed E-state index contributed by atoms with van der Waals surface area (Å²) in [6, 6.07) is 0. The molecule has 2 rings (SSSR count). The minimum Gasteiger partial charge on any atom is -0.388 e. The molecule has 2 saturated heterocycles. The average molecular weight is 284 g/mol. The Balaban J connectivity index is 0.000000200. The van der Waals surface area contributed by atoms with Crippen molar-refractivity contribution in [1.29, 1.82) is 0 Å². The van der Waals surface area contributed by atoms with Crippen molar-refractivity contribution < 1.29 is 5.11 Å². The van der Waals surface area contributed by atoms with Crippen molar-refractivity contribution in [1.82, 2.24) is 9.80 Å². The first-order valence-electron chi connectivity index (χ1n) is 7.85. The molecule has 0 aromatic heterocycles. The molecule has 2 aliphatic rings. The van der Waals surface area contributed by atoms with Crippen molar-refractivity contribution in [2.75, 3.05) is 26.2 Å². The second-order valence-corrected chi connectivity index (χ2v) is 9.71. The van der Waals surface area contributed by atoms with E-state index in [1.807, 2.05) is 6.92 Å². The summed E-state index contributed by atoms with van der Waals surface area (Å²) in [5.74, 6) is 0. The number of nitrogens with zero attached hydrogens (tertiary/aromatic N) is 2. The number of β-amino-alcohol motifs (C(OH)–C–C–N with tert-alkyl or cyclic N) is 1. The van der Waals surface area contributed by atoms with Crippen LogP contribution in [0.1, 0.15) is 62.3 Å². The van der Waals surface area contributed by atoms with Gasteiger partial charge in [0.25, 0.3) is 0 Å². The quantitative estimate of drug-likeness (QED) is 0.741. The summed E-state index contributed by atoms with van der Waals surface area (Å²) in [4.78, 5) is 4.79. The monoisotopic (exact) mass is 284 g/mol. The fourth-order valence-electron chi connectivity index (χ4n) is 2.71. The Bertz CT molecular complexity index is 284. The highest BCUT2D eigenvalue weighted by Crippen LogP contribution is 2.34. The van der Waals surface area contributed by atoms with Gasteiger partial charge in [-0.15, -0.1) is 0 Å². The zero-order chi connectivity index (χ0) is 16.0. The van der Waals surface area contributed by atoms with E-state index in [0.29, 0.717) is 11.0 Å². The van der Waals surface area contributed by atoms with E-state index in [-0.39, 0.29) is 5.54 Å². The number of rotatable bonds is 0. The maximum atomic E-state index is 9.41. The van der Waals surface area contributed by atoms with Gasteiger partial charge in [0.1, 0.15) is 0 Å². The van der Waals surface area contributed by atoms with Gasteiger partial charge in [-0.05, 0) is 53.9 Å². The van der Waals surface area contributed by atoms with E-state index in [4.69, 9.17) is 0 Å². The molecule has 0 aromatic carbocycles. The van der Waals surface area contributed by atoms with Gasteiger partial charge < -0.3 is 5.11 Å². The first-order valence-corrected chi connectivity index (χ1v) is 7.85. The number of likely N-dealkylation sites (tertiary alicyclic amines) is 2. The minimum absolute atomic E-state index is 0.224. The normalized spacial score (nSPS) is 26.1. The smallest absolute Gasteiger partial charge is 0.0872 e. The first-order chi connectivity index (χ1) is 8.62. The van der Waals surface area contributed by atoms with E-state index < -0.39 is 5.60 Å².